The lowest BCUT2D eigenvalue weighted by molar-refractivity contribution is 0.933. The minimum atomic E-state index is -0.145. The van der Waals surface area contributed by atoms with Crippen LogP contribution in [0.25, 0.3) is 10.8 Å². The molecular formula is C78H60N2. The van der Waals surface area contributed by atoms with E-state index in [-0.39, 0.29) is 23.7 Å². The first-order valence-electron chi connectivity index (χ1n) is 27.9. The molecule has 0 heterocycles. The van der Waals surface area contributed by atoms with Gasteiger partial charge in [0.2, 0.25) is 0 Å². The van der Waals surface area contributed by atoms with Crippen LogP contribution in [0.4, 0.5) is 11.4 Å². The summed E-state index contributed by atoms with van der Waals surface area (Å²) in [7, 11) is 0. The van der Waals surface area contributed by atoms with Crippen molar-refractivity contribution in [2.75, 3.05) is 0 Å². The smallest absolute Gasteiger partial charge is 0.0979 e. The predicted molar refractivity (Wildman–Crippen MR) is 334 cm³/mol. The minimum Gasteiger partial charge on any atom is -0.245 e. The van der Waals surface area contributed by atoms with Crippen LogP contribution >= 0.6 is 0 Å². The number of hydrogen-bond donors (Lipinski definition) is 0. The van der Waals surface area contributed by atoms with E-state index in [0.29, 0.717) is 0 Å². The SMILES string of the molecule is Cc1cc(C(c2ccccc2)c2ccccc2)c(N=C2C(=Nc3c(C(c4ccccc4)c4ccccc4)cc(C)cc3C(c3ccccc3)c3ccccc3)c3cccc4cccc2c34)c(C(c2ccccc2)c2ccccc2)c1. The Bertz CT molecular complexity index is 3520. The lowest BCUT2D eigenvalue weighted by atomic mass is 9.78. The first-order valence-corrected chi connectivity index (χ1v) is 27.9. The van der Waals surface area contributed by atoms with Crippen LogP contribution in [0.1, 0.15) is 113 Å². The Hall–Kier alpha value is -9.76. The highest BCUT2D eigenvalue weighted by molar-refractivity contribution is 6.61. The molecule has 12 aromatic carbocycles. The summed E-state index contributed by atoms with van der Waals surface area (Å²) in [6.07, 6.45) is 0. The van der Waals surface area contributed by atoms with Gasteiger partial charge in [-0.05, 0) is 86.0 Å². The van der Waals surface area contributed by atoms with Gasteiger partial charge in [-0.2, -0.15) is 0 Å². The molecule has 0 spiro atoms. The zero-order valence-electron chi connectivity index (χ0n) is 45.1. The monoisotopic (exact) mass is 1020 g/mol. The molecule has 382 valence electrons. The second-order valence-electron chi connectivity index (χ2n) is 21.2. The highest BCUT2D eigenvalue weighted by Crippen LogP contribution is 2.49. The van der Waals surface area contributed by atoms with Crippen LogP contribution in [0.5, 0.6) is 0 Å². The van der Waals surface area contributed by atoms with Crippen molar-refractivity contribution < 1.29 is 0 Å². The van der Waals surface area contributed by atoms with Gasteiger partial charge in [0, 0.05) is 40.2 Å². The largest absolute Gasteiger partial charge is 0.245 e. The molecule has 0 aromatic heterocycles. The fourth-order valence-electron chi connectivity index (χ4n) is 12.6. The predicted octanol–water partition coefficient (Wildman–Crippen LogP) is 19.4. The highest BCUT2D eigenvalue weighted by Gasteiger charge is 2.34. The van der Waals surface area contributed by atoms with Crippen molar-refractivity contribution in [2.24, 2.45) is 9.98 Å². The molecule has 0 bridgehead atoms. The van der Waals surface area contributed by atoms with Crippen molar-refractivity contribution in [3.8, 4) is 0 Å². The maximum atomic E-state index is 6.35. The molecule has 0 radical (unpaired) electrons. The summed E-state index contributed by atoms with van der Waals surface area (Å²) < 4.78 is 0. The molecule has 2 nitrogen and oxygen atoms in total. The van der Waals surface area contributed by atoms with Crippen LogP contribution in [0.2, 0.25) is 0 Å². The summed E-state index contributed by atoms with van der Waals surface area (Å²) in [4.78, 5) is 12.7. The molecular weight excluding hydrogens is 965 g/mol. The molecule has 1 aliphatic carbocycles. The maximum absolute atomic E-state index is 6.35. The summed E-state index contributed by atoms with van der Waals surface area (Å²) >= 11 is 0. The quantitative estimate of drug-likeness (QED) is 0.0970. The van der Waals surface area contributed by atoms with E-state index in [2.05, 4.69) is 317 Å². The van der Waals surface area contributed by atoms with Gasteiger partial charge in [0.25, 0.3) is 0 Å². The van der Waals surface area contributed by atoms with Crippen molar-refractivity contribution in [1.82, 2.24) is 0 Å². The van der Waals surface area contributed by atoms with E-state index in [9.17, 15) is 0 Å². The molecule has 80 heavy (non-hydrogen) atoms. The summed E-state index contributed by atoms with van der Waals surface area (Å²) in [6.45, 7) is 4.49. The van der Waals surface area contributed by atoms with Gasteiger partial charge in [0.05, 0.1) is 22.8 Å². The Kier molecular flexibility index (Phi) is 13.9. The van der Waals surface area contributed by atoms with Gasteiger partial charge in [-0.15, -0.1) is 0 Å². The van der Waals surface area contributed by atoms with Gasteiger partial charge in [-0.25, -0.2) is 9.98 Å². The summed E-state index contributed by atoms with van der Waals surface area (Å²) in [5.41, 5.74) is 22.3. The van der Waals surface area contributed by atoms with Gasteiger partial charge in [-0.1, -0.05) is 314 Å². The molecule has 0 N–H and O–H groups in total. The Morgan fingerprint density at radius 2 is 0.450 bits per heavy atom. The van der Waals surface area contributed by atoms with Crippen LogP contribution in [-0.4, -0.2) is 11.4 Å². The molecule has 0 fully saturated rings. The Labute approximate surface area is 470 Å². The topological polar surface area (TPSA) is 24.7 Å². The average Bonchev–Trinajstić information content (AvgIpc) is 3.98. The van der Waals surface area contributed by atoms with Gasteiger partial charge in [0.15, 0.2) is 0 Å². The van der Waals surface area contributed by atoms with Gasteiger partial charge < -0.3 is 0 Å². The lowest BCUT2D eigenvalue weighted by Gasteiger charge is -2.28. The average molecular weight is 1030 g/mol. The molecule has 0 saturated heterocycles. The first-order chi connectivity index (χ1) is 39.6. The molecule has 2 heteroatoms. The number of benzene rings is 12. The fourth-order valence-corrected chi connectivity index (χ4v) is 12.6. The number of rotatable bonds is 14. The van der Waals surface area contributed by atoms with Crippen molar-refractivity contribution in [2.45, 2.75) is 37.5 Å². The van der Waals surface area contributed by atoms with E-state index in [0.717, 1.165) is 67.0 Å². The van der Waals surface area contributed by atoms with E-state index in [4.69, 9.17) is 9.98 Å². The molecule has 0 amide bonds. The minimum absolute atomic E-state index is 0.145. The van der Waals surface area contributed by atoms with Crippen LogP contribution in [0.3, 0.4) is 0 Å². The van der Waals surface area contributed by atoms with Crippen LogP contribution in [0, 0.1) is 13.8 Å². The van der Waals surface area contributed by atoms with Crippen molar-refractivity contribution in [3.63, 3.8) is 0 Å². The molecule has 0 aliphatic heterocycles. The van der Waals surface area contributed by atoms with Crippen LogP contribution < -0.4 is 0 Å². The zero-order chi connectivity index (χ0) is 53.8. The van der Waals surface area contributed by atoms with Crippen molar-refractivity contribution in [1.29, 1.82) is 0 Å². The third-order valence-electron chi connectivity index (χ3n) is 16.0. The van der Waals surface area contributed by atoms with Crippen molar-refractivity contribution >= 4 is 33.6 Å². The zero-order valence-corrected chi connectivity index (χ0v) is 45.1. The number of nitrogens with zero attached hydrogens (tertiary/aromatic N) is 2. The number of hydrogen-bond acceptors (Lipinski definition) is 2. The third-order valence-corrected chi connectivity index (χ3v) is 16.0. The first kappa shape index (κ1) is 49.8. The second kappa shape index (κ2) is 22.3. The third kappa shape index (κ3) is 9.71. The standard InChI is InChI=1S/C78H60N2/c1-53-49-66(70(55-29-11-3-12-30-55)56-31-13-4-14-32-56)75(67(50-53)71(57-33-15-5-16-34-57)58-35-17-6-18-36-58)79-77-64-47-27-45-63-46-28-48-65(74(63)64)78(77)80-76-68(72(59-37-19-7-20-38-59)60-39-21-8-22-40-60)51-54(2)52-69(76)73(61-41-23-9-24-42-61)62-43-25-10-26-44-62/h3-52,70-73H,1-2H3. The van der Waals surface area contributed by atoms with E-state index in [1.165, 1.54) is 55.6 Å². The van der Waals surface area contributed by atoms with Gasteiger partial charge in [-0.3, -0.25) is 0 Å². The Morgan fingerprint density at radius 1 is 0.237 bits per heavy atom. The van der Waals surface area contributed by atoms with E-state index >= 15 is 0 Å². The van der Waals surface area contributed by atoms with Gasteiger partial charge >= 0.3 is 0 Å². The Morgan fingerprint density at radius 3 is 0.662 bits per heavy atom. The second-order valence-corrected chi connectivity index (χ2v) is 21.2. The fraction of sp³-hybridized carbons (Fsp3) is 0.0769. The molecule has 0 atom stereocenters. The summed E-state index contributed by atoms with van der Waals surface area (Å²) in [5.74, 6) is -0.582. The van der Waals surface area contributed by atoms with E-state index in [1.54, 1.807) is 0 Å². The van der Waals surface area contributed by atoms with E-state index in [1.807, 2.05) is 0 Å². The number of aliphatic imine (C=N–C) groups is 2. The molecule has 12 aromatic rings. The Balaban J connectivity index is 1.18. The highest BCUT2D eigenvalue weighted by atomic mass is 14.9. The van der Waals surface area contributed by atoms with Crippen LogP contribution in [-0.2, 0) is 0 Å². The number of aryl methyl sites for hydroxylation is 2. The van der Waals surface area contributed by atoms with E-state index < -0.39 is 0 Å². The molecule has 13 rings (SSSR count). The summed E-state index contributed by atoms with van der Waals surface area (Å²) in [5, 5.41) is 2.32. The van der Waals surface area contributed by atoms with Crippen molar-refractivity contribution in [3.05, 3.63) is 392 Å². The van der Waals surface area contributed by atoms with Gasteiger partial charge in [0.1, 0.15) is 0 Å². The molecule has 1 aliphatic rings. The maximum Gasteiger partial charge on any atom is 0.0979 e. The summed E-state index contributed by atoms with van der Waals surface area (Å²) in [6, 6.07) is 111. The molecule has 0 unspecified atom stereocenters. The normalized spacial score (nSPS) is 13.1. The van der Waals surface area contributed by atoms with Crippen LogP contribution in [0.15, 0.2) is 313 Å². The lowest BCUT2D eigenvalue weighted by Crippen LogP contribution is -2.15. The molecule has 0 saturated carbocycles.